The predicted octanol–water partition coefficient (Wildman–Crippen LogP) is 2.32. The van der Waals surface area contributed by atoms with Crippen LogP contribution in [0, 0.1) is 13.8 Å². The van der Waals surface area contributed by atoms with E-state index in [0.717, 1.165) is 67.7 Å². The van der Waals surface area contributed by atoms with Crippen molar-refractivity contribution >= 4 is 16.9 Å². The molecule has 124 valence electrons. The Bertz CT molecular complexity index is 715. The Hall–Kier alpha value is -1.85. The highest BCUT2D eigenvalue weighted by Gasteiger charge is 2.15. The molecule has 0 bridgehead atoms. The molecule has 2 aromatic rings. The minimum atomic E-state index is -0.861. The first kappa shape index (κ1) is 16.0. The van der Waals surface area contributed by atoms with Gasteiger partial charge in [-0.2, -0.15) is 0 Å². The Morgan fingerprint density at radius 3 is 2.70 bits per heavy atom. The van der Waals surface area contributed by atoms with Gasteiger partial charge in [0.1, 0.15) is 0 Å². The molecule has 23 heavy (non-hydrogen) atoms. The van der Waals surface area contributed by atoms with Gasteiger partial charge in [-0.25, -0.2) is 4.79 Å². The fourth-order valence-corrected chi connectivity index (χ4v) is 3.52. The predicted molar refractivity (Wildman–Crippen MR) is 92.4 cm³/mol. The summed E-state index contributed by atoms with van der Waals surface area (Å²) in [5, 5.41) is 13.7. The van der Waals surface area contributed by atoms with Crippen molar-refractivity contribution in [2.75, 3.05) is 32.7 Å². The van der Waals surface area contributed by atoms with Crippen molar-refractivity contribution in [1.82, 2.24) is 15.2 Å². The van der Waals surface area contributed by atoms with Crippen molar-refractivity contribution in [1.29, 1.82) is 0 Å². The van der Waals surface area contributed by atoms with Gasteiger partial charge in [-0.1, -0.05) is 0 Å². The van der Waals surface area contributed by atoms with Gasteiger partial charge in [-0.15, -0.1) is 0 Å². The van der Waals surface area contributed by atoms with Gasteiger partial charge in [0.25, 0.3) is 0 Å². The number of benzene rings is 1. The molecular formula is C18H25N3O2. The van der Waals surface area contributed by atoms with Crippen molar-refractivity contribution in [3.63, 3.8) is 0 Å². The molecule has 5 nitrogen and oxygen atoms in total. The number of carboxylic acids is 1. The van der Waals surface area contributed by atoms with E-state index >= 15 is 0 Å². The summed E-state index contributed by atoms with van der Waals surface area (Å²) in [6.07, 6.45) is 2.09. The minimum absolute atomic E-state index is 0.373. The first-order valence-corrected chi connectivity index (χ1v) is 8.34. The van der Waals surface area contributed by atoms with Gasteiger partial charge in [0.2, 0.25) is 0 Å². The first-order valence-electron chi connectivity index (χ1n) is 8.34. The SMILES string of the molecule is Cc1[nH]c2c(C)cc(C(=O)O)cc2c1CCCN1CCNCC1. The quantitative estimate of drug-likeness (QED) is 0.792. The first-order chi connectivity index (χ1) is 11.1. The molecule has 3 N–H and O–H groups in total. The van der Waals surface area contributed by atoms with Crippen LogP contribution in [0.3, 0.4) is 0 Å². The summed E-state index contributed by atoms with van der Waals surface area (Å²) in [6.45, 7) is 9.55. The summed E-state index contributed by atoms with van der Waals surface area (Å²) in [4.78, 5) is 17.2. The Kier molecular flexibility index (Phi) is 4.68. The summed E-state index contributed by atoms with van der Waals surface area (Å²) in [5.74, 6) is -0.861. The Labute approximate surface area is 136 Å². The number of carbonyl (C=O) groups is 1. The van der Waals surface area contributed by atoms with Crippen LogP contribution < -0.4 is 5.32 Å². The molecule has 3 rings (SSSR count). The normalized spacial score (nSPS) is 16.1. The molecule has 1 aliphatic heterocycles. The van der Waals surface area contributed by atoms with Gasteiger partial charge in [-0.05, 0) is 56.5 Å². The fourth-order valence-electron chi connectivity index (χ4n) is 3.52. The molecule has 0 amide bonds. The third kappa shape index (κ3) is 3.41. The number of carboxylic acid groups (broad SMARTS) is 1. The molecule has 1 aromatic heterocycles. The van der Waals surface area contributed by atoms with E-state index in [1.54, 1.807) is 6.07 Å². The van der Waals surface area contributed by atoms with Crippen molar-refractivity contribution in [2.45, 2.75) is 26.7 Å². The van der Waals surface area contributed by atoms with E-state index in [4.69, 9.17) is 0 Å². The van der Waals surface area contributed by atoms with Crippen molar-refractivity contribution < 1.29 is 9.90 Å². The molecule has 1 aliphatic rings. The number of hydrogen-bond acceptors (Lipinski definition) is 3. The number of nitrogens with zero attached hydrogens (tertiary/aromatic N) is 1. The second kappa shape index (κ2) is 6.72. The number of aromatic amines is 1. The lowest BCUT2D eigenvalue weighted by Gasteiger charge is -2.27. The van der Waals surface area contributed by atoms with E-state index in [1.165, 1.54) is 5.56 Å². The van der Waals surface area contributed by atoms with Crippen LogP contribution in [0.15, 0.2) is 12.1 Å². The molecule has 0 atom stereocenters. The monoisotopic (exact) mass is 315 g/mol. The maximum Gasteiger partial charge on any atom is 0.335 e. The highest BCUT2D eigenvalue weighted by atomic mass is 16.4. The van der Waals surface area contributed by atoms with Crippen LogP contribution in [0.1, 0.15) is 33.6 Å². The fraction of sp³-hybridized carbons (Fsp3) is 0.500. The van der Waals surface area contributed by atoms with E-state index in [0.29, 0.717) is 5.56 Å². The molecular weight excluding hydrogens is 290 g/mol. The number of H-pyrrole nitrogens is 1. The van der Waals surface area contributed by atoms with Crippen LogP contribution in [0.2, 0.25) is 0 Å². The average Bonchev–Trinajstić information content (AvgIpc) is 2.85. The maximum atomic E-state index is 11.3. The standard InChI is InChI=1S/C18H25N3O2/c1-12-10-14(18(22)23)11-16-15(13(2)20-17(12)16)4-3-7-21-8-5-19-6-9-21/h10-11,19-20H,3-9H2,1-2H3,(H,22,23). The van der Waals surface area contributed by atoms with E-state index in [2.05, 4.69) is 22.1 Å². The number of hydrogen-bond donors (Lipinski definition) is 3. The lowest BCUT2D eigenvalue weighted by Crippen LogP contribution is -2.43. The Balaban J connectivity index is 1.79. The van der Waals surface area contributed by atoms with Crippen LogP contribution in [0.4, 0.5) is 0 Å². The number of piperazine rings is 1. The van der Waals surface area contributed by atoms with Gasteiger partial charge in [0, 0.05) is 42.8 Å². The van der Waals surface area contributed by atoms with Crippen LogP contribution in [-0.2, 0) is 6.42 Å². The largest absolute Gasteiger partial charge is 0.478 e. The lowest BCUT2D eigenvalue weighted by atomic mass is 10.0. The van der Waals surface area contributed by atoms with Crippen LogP contribution in [0.25, 0.3) is 10.9 Å². The third-order valence-electron chi connectivity index (χ3n) is 4.78. The molecule has 0 radical (unpaired) electrons. The number of aromatic nitrogens is 1. The molecule has 0 aliphatic carbocycles. The number of aryl methyl sites for hydroxylation is 3. The summed E-state index contributed by atoms with van der Waals surface area (Å²) in [5.41, 5.74) is 4.87. The highest BCUT2D eigenvalue weighted by Crippen LogP contribution is 2.27. The molecule has 5 heteroatoms. The smallest absolute Gasteiger partial charge is 0.335 e. The molecule has 0 unspecified atom stereocenters. The number of nitrogens with one attached hydrogen (secondary N) is 2. The van der Waals surface area contributed by atoms with Gasteiger partial charge < -0.3 is 20.3 Å². The Morgan fingerprint density at radius 1 is 1.26 bits per heavy atom. The van der Waals surface area contributed by atoms with E-state index < -0.39 is 5.97 Å². The van der Waals surface area contributed by atoms with Crippen molar-refractivity contribution in [2.24, 2.45) is 0 Å². The van der Waals surface area contributed by atoms with Crippen LogP contribution in [-0.4, -0.2) is 53.7 Å². The Morgan fingerprint density at radius 2 is 2.00 bits per heavy atom. The van der Waals surface area contributed by atoms with Gasteiger partial charge in [0.05, 0.1) is 5.56 Å². The zero-order chi connectivity index (χ0) is 16.4. The topological polar surface area (TPSA) is 68.4 Å². The zero-order valence-corrected chi connectivity index (χ0v) is 13.9. The van der Waals surface area contributed by atoms with Gasteiger partial charge >= 0.3 is 5.97 Å². The third-order valence-corrected chi connectivity index (χ3v) is 4.78. The average molecular weight is 315 g/mol. The second-order valence-corrected chi connectivity index (χ2v) is 6.44. The summed E-state index contributed by atoms with van der Waals surface area (Å²) < 4.78 is 0. The number of rotatable bonds is 5. The molecule has 0 spiro atoms. The molecule has 1 fully saturated rings. The van der Waals surface area contributed by atoms with Crippen LogP contribution in [0.5, 0.6) is 0 Å². The van der Waals surface area contributed by atoms with Gasteiger partial charge in [0.15, 0.2) is 0 Å². The number of aromatic carboxylic acids is 1. The summed E-state index contributed by atoms with van der Waals surface area (Å²) in [7, 11) is 0. The lowest BCUT2D eigenvalue weighted by molar-refractivity contribution is 0.0697. The second-order valence-electron chi connectivity index (χ2n) is 6.44. The summed E-state index contributed by atoms with van der Waals surface area (Å²) >= 11 is 0. The van der Waals surface area contributed by atoms with Gasteiger partial charge in [-0.3, -0.25) is 0 Å². The van der Waals surface area contributed by atoms with E-state index in [1.807, 2.05) is 13.0 Å². The molecule has 1 aromatic carbocycles. The number of fused-ring (bicyclic) bond motifs is 1. The van der Waals surface area contributed by atoms with E-state index in [-0.39, 0.29) is 0 Å². The summed E-state index contributed by atoms with van der Waals surface area (Å²) in [6, 6.07) is 3.55. The van der Waals surface area contributed by atoms with Crippen molar-refractivity contribution in [3.8, 4) is 0 Å². The van der Waals surface area contributed by atoms with Crippen LogP contribution >= 0.6 is 0 Å². The zero-order valence-electron chi connectivity index (χ0n) is 13.9. The highest BCUT2D eigenvalue weighted by molar-refractivity contribution is 5.96. The molecule has 1 saturated heterocycles. The molecule has 0 saturated carbocycles. The maximum absolute atomic E-state index is 11.3. The minimum Gasteiger partial charge on any atom is -0.478 e. The molecule has 2 heterocycles. The van der Waals surface area contributed by atoms with E-state index in [9.17, 15) is 9.90 Å². The van der Waals surface area contributed by atoms with Crippen molar-refractivity contribution in [3.05, 3.63) is 34.5 Å².